The Kier molecular flexibility index (Phi) is 19.5. The minimum absolute atomic E-state index is 0.0404. The summed E-state index contributed by atoms with van der Waals surface area (Å²) in [6.07, 6.45) is 0.715. The van der Waals surface area contributed by atoms with Crippen molar-refractivity contribution in [2.24, 2.45) is 17.6 Å². The van der Waals surface area contributed by atoms with Gasteiger partial charge in [0.15, 0.2) is 6.61 Å². The van der Waals surface area contributed by atoms with Crippen LogP contribution in [0.5, 0.6) is 5.75 Å². The number of carbonyl (C=O) groups is 6. The van der Waals surface area contributed by atoms with Gasteiger partial charge in [-0.3, -0.25) is 28.8 Å². The molecule has 8 N–H and O–H groups in total. The number of fused-ring (bicyclic) bond motifs is 2. The highest BCUT2D eigenvalue weighted by Crippen LogP contribution is 2.15. The van der Waals surface area contributed by atoms with Crippen LogP contribution in [0.2, 0.25) is 0 Å². The molecule has 1 aliphatic heterocycles. The third-order valence-corrected chi connectivity index (χ3v) is 7.45. The largest absolute Gasteiger partial charge is 0.484 e. The van der Waals surface area contributed by atoms with Crippen LogP contribution < -0.4 is 31.7 Å². The van der Waals surface area contributed by atoms with Crippen molar-refractivity contribution >= 4 is 36.0 Å². The highest BCUT2D eigenvalue weighted by Gasteiger charge is 2.30. The number of nitrogens with one attached hydrogen (secondary N) is 4. The average Bonchev–Trinajstić information content (AvgIpc) is 3.01. The number of nitrogens with two attached hydrogens (primary N) is 1. The lowest BCUT2D eigenvalue weighted by Gasteiger charge is -2.28. The lowest BCUT2D eigenvalue weighted by atomic mass is 10.0. The molecule has 1 aromatic carbocycles. The van der Waals surface area contributed by atoms with Gasteiger partial charge in [0.05, 0.1) is 18.6 Å². The number of ether oxygens (including phenoxy) is 1. The molecule has 0 saturated carbocycles. The van der Waals surface area contributed by atoms with Gasteiger partial charge >= 0.3 is 0 Å². The quantitative estimate of drug-likeness (QED) is 0.205. The molecule has 1 aliphatic rings. The van der Waals surface area contributed by atoms with Crippen molar-refractivity contribution < 1.29 is 43.7 Å². The molecule has 1 aromatic rings. The van der Waals surface area contributed by atoms with Crippen LogP contribution >= 0.6 is 0 Å². The summed E-state index contributed by atoms with van der Waals surface area (Å²) in [6, 6.07) is 3.96. The molecule has 15 heteroatoms. The van der Waals surface area contributed by atoms with Gasteiger partial charge in [-0.2, -0.15) is 0 Å². The third kappa shape index (κ3) is 16.0. The number of aliphatic hydroxyl groups excluding tert-OH is 1. The molecule has 0 saturated heterocycles. The molecule has 0 fully saturated rings. The minimum atomic E-state index is -1.22. The van der Waals surface area contributed by atoms with Gasteiger partial charge in [-0.25, -0.2) is 0 Å². The van der Waals surface area contributed by atoms with E-state index in [1.54, 1.807) is 29.2 Å². The Morgan fingerprint density at radius 3 is 2.25 bits per heavy atom. The Morgan fingerprint density at radius 2 is 1.62 bits per heavy atom. The molecule has 2 bridgehead atoms. The normalized spacial score (nSPS) is 20.7. The molecule has 48 heavy (non-hydrogen) atoms. The summed E-state index contributed by atoms with van der Waals surface area (Å²) in [6.45, 7) is 9.92. The summed E-state index contributed by atoms with van der Waals surface area (Å²) in [5.41, 5.74) is 6.76. The topological polar surface area (TPSA) is 229 Å². The van der Waals surface area contributed by atoms with Crippen molar-refractivity contribution in [1.82, 2.24) is 26.2 Å². The van der Waals surface area contributed by atoms with Crippen molar-refractivity contribution in [3.63, 3.8) is 0 Å². The first-order valence-corrected chi connectivity index (χ1v) is 16.4. The van der Waals surface area contributed by atoms with Gasteiger partial charge in [-0.1, -0.05) is 39.8 Å². The SMILES string of the molecule is CC(C)C[C@H]1NC(=O)Cc2cccc(c2)OCC(=O)NCCCN(C(=O)[C@H](N)C(C)C)CCCCNC(=O)C([C@@H](C)O)NC1=O.O=CO. The van der Waals surface area contributed by atoms with Crippen molar-refractivity contribution in [3.05, 3.63) is 29.8 Å². The van der Waals surface area contributed by atoms with E-state index in [2.05, 4.69) is 21.3 Å². The average molecular weight is 679 g/mol. The minimum Gasteiger partial charge on any atom is -0.484 e. The van der Waals surface area contributed by atoms with Gasteiger partial charge in [0, 0.05) is 26.2 Å². The number of amides is 5. The van der Waals surface area contributed by atoms with Gasteiger partial charge in [-0.15, -0.1) is 0 Å². The van der Waals surface area contributed by atoms with E-state index in [-0.39, 0.29) is 49.7 Å². The summed E-state index contributed by atoms with van der Waals surface area (Å²) in [5, 5.41) is 28.1. The molecule has 0 aromatic heterocycles. The standard InChI is InChI=1S/C32H52N6O7.CH2O2/c1-20(2)16-25-30(42)37-29(22(5)39)31(43)35-12-6-7-14-38(32(44)28(33)21(3)4)15-9-13-34-27(41)19-45-24-11-8-10-23(17-24)18-26(40)36-25;2-1-3/h8,10-11,17,20-22,25,28-29,39H,6-7,9,12-16,18-19,33H2,1-5H3,(H,34,41)(H,35,43)(H,36,40)(H,37,42);1H,(H,2,3)/t22-,25-,28-,29?;/m1./s1. The fraction of sp³-hybridized carbons (Fsp3) is 0.636. The van der Waals surface area contributed by atoms with Crippen LogP contribution in [0.4, 0.5) is 0 Å². The molecule has 2 rings (SSSR count). The van der Waals surface area contributed by atoms with Gasteiger partial charge in [0.2, 0.25) is 23.6 Å². The van der Waals surface area contributed by atoms with E-state index in [1.165, 1.54) is 6.92 Å². The summed E-state index contributed by atoms with van der Waals surface area (Å²) in [5.74, 6) is -1.61. The monoisotopic (exact) mass is 678 g/mol. The molecular weight excluding hydrogens is 624 g/mol. The molecule has 0 spiro atoms. The lowest BCUT2D eigenvalue weighted by Crippen LogP contribution is -2.57. The summed E-state index contributed by atoms with van der Waals surface area (Å²) < 4.78 is 5.63. The van der Waals surface area contributed by atoms with Crippen LogP contribution in [0.1, 0.15) is 65.9 Å². The number of nitrogens with zero attached hydrogens (tertiary/aromatic N) is 1. The predicted octanol–water partition coefficient (Wildman–Crippen LogP) is -0.0666. The summed E-state index contributed by atoms with van der Waals surface area (Å²) in [4.78, 5) is 74.7. The summed E-state index contributed by atoms with van der Waals surface area (Å²) in [7, 11) is 0. The fourth-order valence-corrected chi connectivity index (χ4v) is 4.81. The number of hydrogen-bond acceptors (Lipinski definition) is 9. The zero-order chi connectivity index (χ0) is 36.2. The zero-order valence-electron chi connectivity index (χ0n) is 28.7. The second-order valence-electron chi connectivity index (χ2n) is 12.5. The zero-order valence-corrected chi connectivity index (χ0v) is 28.7. The van der Waals surface area contributed by atoms with E-state index in [0.717, 1.165) is 0 Å². The van der Waals surface area contributed by atoms with Crippen molar-refractivity contribution in [2.45, 2.75) is 91.0 Å². The Bertz CT molecular complexity index is 1190. The van der Waals surface area contributed by atoms with E-state index >= 15 is 0 Å². The molecular formula is C33H54N6O9. The lowest BCUT2D eigenvalue weighted by molar-refractivity contribution is -0.134. The van der Waals surface area contributed by atoms with Crippen LogP contribution in [0.15, 0.2) is 24.3 Å². The Labute approximate surface area is 282 Å². The molecule has 1 heterocycles. The molecule has 4 atom stereocenters. The Morgan fingerprint density at radius 1 is 0.979 bits per heavy atom. The van der Waals surface area contributed by atoms with E-state index in [0.29, 0.717) is 56.6 Å². The van der Waals surface area contributed by atoms with Crippen LogP contribution in [0.25, 0.3) is 0 Å². The highest BCUT2D eigenvalue weighted by atomic mass is 16.5. The second kappa shape index (κ2) is 22.4. The number of carbonyl (C=O) groups excluding carboxylic acids is 5. The number of benzene rings is 1. The highest BCUT2D eigenvalue weighted by molar-refractivity contribution is 5.92. The van der Waals surface area contributed by atoms with E-state index in [1.807, 2.05) is 27.7 Å². The van der Waals surface area contributed by atoms with Crippen molar-refractivity contribution in [1.29, 1.82) is 0 Å². The Hall–Kier alpha value is -4.24. The van der Waals surface area contributed by atoms with Gasteiger partial charge < -0.3 is 46.9 Å². The first-order valence-electron chi connectivity index (χ1n) is 16.4. The maximum absolute atomic E-state index is 13.3. The van der Waals surface area contributed by atoms with Crippen LogP contribution in [0, 0.1) is 11.8 Å². The molecule has 270 valence electrons. The van der Waals surface area contributed by atoms with E-state index < -0.39 is 42.0 Å². The first kappa shape index (κ1) is 41.8. The maximum Gasteiger partial charge on any atom is 0.290 e. The van der Waals surface area contributed by atoms with Crippen molar-refractivity contribution in [3.8, 4) is 5.75 Å². The van der Waals surface area contributed by atoms with Gasteiger partial charge in [0.1, 0.15) is 17.8 Å². The molecule has 1 unspecified atom stereocenters. The van der Waals surface area contributed by atoms with Crippen LogP contribution in [0.3, 0.4) is 0 Å². The van der Waals surface area contributed by atoms with E-state index in [4.69, 9.17) is 20.4 Å². The maximum atomic E-state index is 13.3. The first-order chi connectivity index (χ1) is 22.7. The molecule has 5 amide bonds. The van der Waals surface area contributed by atoms with E-state index in [9.17, 15) is 29.1 Å². The number of rotatable bonds is 5. The molecule has 0 radical (unpaired) electrons. The van der Waals surface area contributed by atoms with Crippen LogP contribution in [-0.4, -0.2) is 108 Å². The fourth-order valence-electron chi connectivity index (χ4n) is 4.81. The van der Waals surface area contributed by atoms with Crippen molar-refractivity contribution in [2.75, 3.05) is 32.8 Å². The summed E-state index contributed by atoms with van der Waals surface area (Å²) >= 11 is 0. The number of aliphatic hydroxyl groups is 1. The number of carboxylic acid groups (broad SMARTS) is 1. The second-order valence-corrected chi connectivity index (χ2v) is 12.5. The Balaban J connectivity index is 0.00000369. The van der Waals surface area contributed by atoms with Crippen LogP contribution in [-0.2, 0) is 35.2 Å². The molecule has 15 nitrogen and oxygen atoms in total. The van der Waals surface area contributed by atoms with Gasteiger partial charge in [0.25, 0.3) is 12.4 Å². The van der Waals surface area contributed by atoms with Gasteiger partial charge in [-0.05, 0) is 62.1 Å². The smallest absolute Gasteiger partial charge is 0.290 e. The third-order valence-electron chi connectivity index (χ3n) is 7.45. The number of hydrogen-bond donors (Lipinski definition) is 7. The predicted molar refractivity (Wildman–Crippen MR) is 179 cm³/mol. The molecule has 0 aliphatic carbocycles.